The Bertz CT molecular complexity index is 552. The lowest BCUT2D eigenvalue weighted by Gasteiger charge is -2.09. The first-order valence-corrected chi connectivity index (χ1v) is 6.86. The molecule has 0 unspecified atom stereocenters. The number of nitrogens with one attached hydrogen (secondary N) is 1. The van der Waals surface area contributed by atoms with Crippen LogP contribution < -0.4 is 14.8 Å². The van der Waals surface area contributed by atoms with Gasteiger partial charge in [0.2, 0.25) is 11.8 Å². The van der Waals surface area contributed by atoms with Gasteiger partial charge in [0, 0.05) is 6.54 Å². The topological polar surface area (TPSA) is 56.3 Å². The Hall–Kier alpha value is -2.37. The zero-order valence-electron chi connectivity index (χ0n) is 11.9. The fraction of sp³-hybridized carbons (Fsp3) is 0.333. The fourth-order valence-corrected chi connectivity index (χ4v) is 1.59. The predicted molar refractivity (Wildman–Crippen MR) is 78.2 cm³/mol. The Morgan fingerprint density at radius 2 is 1.90 bits per heavy atom. The highest BCUT2D eigenvalue weighted by Gasteiger charge is 2.08. The van der Waals surface area contributed by atoms with Crippen molar-refractivity contribution in [3.8, 4) is 11.6 Å². The molecule has 112 valence electrons. The molecule has 21 heavy (non-hydrogen) atoms. The largest absolute Gasteiger partial charge is 0.490 e. The van der Waals surface area contributed by atoms with Crippen LogP contribution in [0.1, 0.15) is 13.3 Å². The van der Waals surface area contributed by atoms with Gasteiger partial charge in [0.05, 0.1) is 6.20 Å². The van der Waals surface area contributed by atoms with E-state index in [1.165, 1.54) is 0 Å². The lowest BCUT2D eigenvalue weighted by atomic mass is 10.3. The number of rotatable bonds is 8. The number of para-hydroxylation sites is 1. The lowest BCUT2D eigenvalue weighted by molar-refractivity contribution is 0.205. The summed E-state index contributed by atoms with van der Waals surface area (Å²) in [5, 5.41) is 2.98. The number of hydrogen-bond donors (Lipinski definition) is 1. The number of hydrogen-bond acceptors (Lipinski definition) is 5. The zero-order valence-corrected chi connectivity index (χ0v) is 11.9. The first-order chi connectivity index (χ1) is 10.3. The van der Waals surface area contributed by atoms with Crippen LogP contribution in [-0.2, 0) is 0 Å². The Labute approximate surface area is 123 Å². The molecule has 0 aliphatic heterocycles. The molecule has 0 radical (unpaired) electrons. The van der Waals surface area contributed by atoms with Gasteiger partial charge in [0.1, 0.15) is 19.0 Å². The Kier molecular flexibility index (Phi) is 5.75. The molecule has 0 atom stereocenters. The van der Waals surface area contributed by atoms with Gasteiger partial charge >= 0.3 is 0 Å². The Balaban J connectivity index is 1.82. The number of nitrogens with zero attached hydrogens (tertiary/aromatic N) is 2. The van der Waals surface area contributed by atoms with Crippen molar-refractivity contribution in [3.05, 3.63) is 42.3 Å². The van der Waals surface area contributed by atoms with E-state index in [-0.39, 0.29) is 12.5 Å². The molecule has 1 heterocycles. The molecule has 0 fully saturated rings. The smallest absolute Gasteiger partial charge is 0.255 e. The highest BCUT2D eigenvalue weighted by Crippen LogP contribution is 2.14. The highest BCUT2D eigenvalue weighted by molar-refractivity contribution is 5.28. The van der Waals surface area contributed by atoms with Crippen molar-refractivity contribution >= 4 is 5.95 Å². The van der Waals surface area contributed by atoms with Crippen LogP contribution in [0, 0.1) is 5.82 Å². The van der Waals surface area contributed by atoms with Crippen molar-refractivity contribution in [2.75, 3.05) is 25.1 Å². The number of benzene rings is 1. The molecule has 0 amide bonds. The van der Waals surface area contributed by atoms with Crippen molar-refractivity contribution in [1.82, 2.24) is 9.97 Å². The van der Waals surface area contributed by atoms with Gasteiger partial charge in [-0.15, -0.1) is 0 Å². The molecule has 0 bridgehead atoms. The van der Waals surface area contributed by atoms with Crippen LogP contribution in [0.5, 0.6) is 11.6 Å². The van der Waals surface area contributed by atoms with E-state index in [2.05, 4.69) is 15.3 Å². The van der Waals surface area contributed by atoms with Gasteiger partial charge in [-0.2, -0.15) is 9.37 Å². The summed E-state index contributed by atoms with van der Waals surface area (Å²) in [5.41, 5.74) is 0. The second-order valence-corrected chi connectivity index (χ2v) is 4.28. The van der Waals surface area contributed by atoms with Crippen molar-refractivity contribution in [2.45, 2.75) is 13.3 Å². The maximum atomic E-state index is 13.5. The van der Waals surface area contributed by atoms with E-state index in [0.29, 0.717) is 12.6 Å². The second-order valence-electron chi connectivity index (χ2n) is 4.28. The summed E-state index contributed by atoms with van der Waals surface area (Å²) in [4.78, 5) is 7.82. The van der Waals surface area contributed by atoms with Gasteiger partial charge in [-0.3, -0.25) is 0 Å². The average molecular weight is 291 g/mol. The third-order valence-electron chi connectivity index (χ3n) is 2.58. The third-order valence-corrected chi connectivity index (χ3v) is 2.58. The predicted octanol–water partition coefficient (Wildman–Crippen LogP) is 2.90. The van der Waals surface area contributed by atoms with Crippen LogP contribution in [0.15, 0.2) is 36.5 Å². The molecule has 5 nitrogen and oxygen atoms in total. The molecule has 1 aromatic carbocycles. The molecule has 0 saturated heterocycles. The van der Waals surface area contributed by atoms with E-state index in [4.69, 9.17) is 9.47 Å². The molecular weight excluding hydrogens is 273 g/mol. The van der Waals surface area contributed by atoms with E-state index in [9.17, 15) is 4.39 Å². The summed E-state index contributed by atoms with van der Waals surface area (Å²) < 4.78 is 24.3. The third kappa shape index (κ3) is 4.91. The van der Waals surface area contributed by atoms with Gasteiger partial charge in [0.25, 0.3) is 5.88 Å². The van der Waals surface area contributed by atoms with Crippen molar-refractivity contribution < 1.29 is 13.9 Å². The number of aromatic nitrogens is 2. The lowest BCUT2D eigenvalue weighted by Crippen LogP contribution is -2.12. The maximum Gasteiger partial charge on any atom is 0.255 e. The van der Waals surface area contributed by atoms with Gasteiger partial charge in [-0.1, -0.05) is 25.1 Å². The van der Waals surface area contributed by atoms with Crippen LogP contribution in [0.2, 0.25) is 0 Å². The number of halogens is 1. The highest BCUT2D eigenvalue weighted by atomic mass is 19.1. The molecule has 2 aromatic rings. The molecule has 6 heteroatoms. The van der Waals surface area contributed by atoms with E-state index in [1.54, 1.807) is 0 Å². The van der Waals surface area contributed by atoms with Crippen LogP contribution in [-0.4, -0.2) is 29.7 Å². The molecule has 0 aliphatic rings. The monoisotopic (exact) mass is 291 g/mol. The van der Waals surface area contributed by atoms with E-state index < -0.39 is 5.82 Å². The molecule has 0 aliphatic carbocycles. The van der Waals surface area contributed by atoms with Gasteiger partial charge in [-0.25, -0.2) is 4.98 Å². The van der Waals surface area contributed by atoms with E-state index >= 15 is 0 Å². The summed E-state index contributed by atoms with van der Waals surface area (Å²) in [5.74, 6) is 0.448. The summed E-state index contributed by atoms with van der Waals surface area (Å²) in [6.07, 6.45) is 2.03. The molecule has 0 spiro atoms. The molecule has 2 rings (SSSR count). The quantitative estimate of drug-likeness (QED) is 0.758. The minimum absolute atomic E-state index is 0.0692. The SMILES string of the molecule is CCCNc1ncc(F)c(OCCOc2ccccc2)n1. The molecule has 1 N–H and O–H groups in total. The van der Waals surface area contributed by atoms with Gasteiger partial charge in [-0.05, 0) is 18.6 Å². The Morgan fingerprint density at radius 1 is 1.14 bits per heavy atom. The first-order valence-electron chi connectivity index (χ1n) is 6.86. The summed E-state index contributed by atoms with van der Waals surface area (Å²) in [6, 6.07) is 9.36. The second kappa shape index (κ2) is 8.04. The summed E-state index contributed by atoms with van der Waals surface area (Å²) >= 11 is 0. The van der Waals surface area contributed by atoms with E-state index in [0.717, 1.165) is 24.9 Å². The normalized spacial score (nSPS) is 10.2. The van der Waals surface area contributed by atoms with Gasteiger partial charge in [0.15, 0.2) is 0 Å². The summed E-state index contributed by atoms with van der Waals surface area (Å²) in [7, 11) is 0. The minimum Gasteiger partial charge on any atom is -0.490 e. The first kappa shape index (κ1) is 15.0. The maximum absolute atomic E-state index is 13.5. The van der Waals surface area contributed by atoms with Crippen molar-refractivity contribution in [3.63, 3.8) is 0 Å². The minimum atomic E-state index is -0.586. The van der Waals surface area contributed by atoms with E-state index in [1.807, 2.05) is 37.3 Å². The molecule has 1 aromatic heterocycles. The Morgan fingerprint density at radius 3 is 2.67 bits per heavy atom. The standard InChI is InChI=1S/C15H18FN3O2/c1-2-8-17-15-18-11-13(16)14(19-15)21-10-9-20-12-6-4-3-5-7-12/h3-7,11H,2,8-10H2,1H3,(H,17,18,19). The molecule has 0 saturated carbocycles. The van der Waals surface area contributed by atoms with Crippen LogP contribution in [0.4, 0.5) is 10.3 Å². The van der Waals surface area contributed by atoms with Gasteiger partial charge < -0.3 is 14.8 Å². The van der Waals surface area contributed by atoms with Crippen LogP contribution in [0.25, 0.3) is 0 Å². The average Bonchev–Trinajstić information content (AvgIpc) is 2.53. The van der Waals surface area contributed by atoms with Crippen LogP contribution in [0.3, 0.4) is 0 Å². The van der Waals surface area contributed by atoms with Crippen molar-refractivity contribution in [1.29, 1.82) is 0 Å². The molecular formula is C15H18FN3O2. The number of anilines is 1. The summed E-state index contributed by atoms with van der Waals surface area (Å²) in [6.45, 7) is 3.26. The number of ether oxygens (including phenoxy) is 2. The van der Waals surface area contributed by atoms with Crippen molar-refractivity contribution in [2.24, 2.45) is 0 Å². The fourth-order valence-electron chi connectivity index (χ4n) is 1.59. The van der Waals surface area contributed by atoms with Crippen LogP contribution >= 0.6 is 0 Å². The zero-order chi connectivity index (χ0) is 14.9.